The molecule has 3 aromatic carbocycles. The molecule has 1 saturated carbocycles. The lowest BCUT2D eigenvalue weighted by molar-refractivity contribution is -0.133. The summed E-state index contributed by atoms with van der Waals surface area (Å²) in [6.45, 7) is 6.27. The molecule has 2 aliphatic carbocycles. The van der Waals surface area contributed by atoms with Gasteiger partial charge in [0.1, 0.15) is 0 Å². The normalized spacial score (nSPS) is 19.4. The summed E-state index contributed by atoms with van der Waals surface area (Å²) in [6.07, 6.45) is 8.57. The van der Waals surface area contributed by atoms with Crippen LogP contribution in [0.3, 0.4) is 0 Å². The highest BCUT2D eigenvalue weighted by Gasteiger charge is 2.35. The number of fused-ring (bicyclic) bond motifs is 1. The predicted molar refractivity (Wildman–Crippen MR) is 157 cm³/mol. The molecular formula is C34H41N3O. The fourth-order valence-corrected chi connectivity index (χ4v) is 6.76. The van der Waals surface area contributed by atoms with E-state index >= 15 is 0 Å². The second-order valence-electron chi connectivity index (χ2n) is 11.6. The molecule has 0 aromatic heterocycles. The number of anilines is 2. The van der Waals surface area contributed by atoms with Crippen molar-refractivity contribution in [3.8, 4) is 11.1 Å². The van der Waals surface area contributed by atoms with Crippen LogP contribution in [0.25, 0.3) is 11.1 Å². The lowest BCUT2D eigenvalue weighted by Crippen LogP contribution is -2.38. The maximum atomic E-state index is 12.5. The molecule has 1 heterocycles. The van der Waals surface area contributed by atoms with Gasteiger partial charge in [-0.15, -0.1) is 0 Å². The SMILES string of the molecule is CCc1cc(N)cc(-c2cccc3c2C(Nc2ccc(C4CCN(C(=O)C5CC5)CC4)c(CC)c2)CC3)c1. The summed E-state index contributed by atoms with van der Waals surface area (Å²) in [5.41, 5.74) is 17.9. The van der Waals surface area contributed by atoms with Crippen LogP contribution in [0.4, 0.5) is 11.4 Å². The lowest BCUT2D eigenvalue weighted by Gasteiger charge is -2.33. The van der Waals surface area contributed by atoms with Crippen molar-refractivity contribution in [2.75, 3.05) is 24.1 Å². The highest BCUT2D eigenvalue weighted by atomic mass is 16.2. The Labute approximate surface area is 227 Å². The van der Waals surface area contributed by atoms with E-state index in [2.05, 4.69) is 78.7 Å². The first-order chi connectivity index (χ1) is 18.5. The average molecular weight is 508 g/mol. The summed E-state index contributed by atoms with van der Waals surface area (Å²) in [4.78, 5) is 14.6. The third-order valence-electron chi connectivity index (χ3n) is 9.02. The van der Waals surface area contributed by atoms with Gasteiger partial charge in [-0.3, -0.25) is 4.79 Å². The lowest BCUT2D eigenvalue weighted by atomic mass is 9.85. The number of nitrogen functional groups attached to an aromatic ring is 1. The Bertz CT molecular complexity index is 1330. The van der Waals surface area contributed by atoms with E-state index in [1.807, 2.05) is 0 Å². The van der Waals surface area contributed by atoms with Gasteiger partial charge in [0.2, 0.25) is 5.91 Å². The van der Waals surface area contributed by atoms with Crippen molar-refractivity contribution in [2.45, 2.75) is 77.2 Å². The molecule has 0 spiro atoms. The Kier molecular flexibility index (Phi) is 6.90. The number of rotatable bonds is 7. The number of hydrogen-bond acceptors (Lipinski definition) is 3. The zero-order valence-electron chi connectivity index (χ0n) is 22.9. The van der Waals surface area contributed by atoms with Gasteiger partial charge in [-0.25, -0.2) is 0 Å². The molecule has 3 aromatic rings. The first kappa shape index (κ1) is 25.0. The van der Waals surface area contributed by atoms with E-state index in [9.17, 15) is 4.79 Å². The molecular weight excluding hydrogens is 466 g/mol. The zero-order valence-corrected chi connectivity index (χ0v) is 22.9. The molecule has 2 fully saturated rings. The molecule has 198 valence electrons. The van der Waals surface area contributed by atoms with Crippen molar-refractivity contribution in [2.24, 2.45) is 5.92 Å². The van der Waals surface area contributed by atoms with E-state index in [0.717, 1.165) is 70.1 Å². The smallest absolute Gasteiger partial charge is 0.225 e. The highest BCUT2D eigenvalue weighted by molar-refractivity contribution is 5.81. The largest absolute Gasteiger partial charge is 0.399 e. The number of nitrogens with two attached hydrogens (primary N) is 1. The summed E-state index contributed by atoms with van der Waals surface area (Å²) in [6, 6.07) is 20.6. The van der Waals surface area contributed by atoms with Gasteiger partial charge in [0.15, 0.2) is 0 Å². The Morgan fingerprint density at radius 2 is 1.76 bits per heavy atom. The van der Waals surface area contributed by atoms with Crippen LogP contribution in [0.5, 0.6) is 0 Å². The summed E-state index contributed by atoms with van der Waals surface area (Å²) < 4.78 is 0. The fraction of sp³-hybridized carbons (Fsp3) is 0.441. The van der Waals surface area contributed by atoms with Crippen molar-refractivity contribution >= 4 is 17.3 Å². The van der Waals surface area contributed by atoms with Crippen LogP contribution in [0, 0.1) is 5.92 Å². The molecule has 1 saturated heterocycles. The third kappa shape index (κ3) is 4.93. The Morgan fingerprint density at radius 3 is 2.50 bits per heavy atom. The van der Waals surface area contributed by atoms with Crippen LogP contribution in [0.15, 0.2) is 54.6 Å². The van der Waals surface area contributed by atoms with Crippen LogP contribution in [-0.2, 0) is 24.1 Å². The van der Waals surface area contributed by atoms with Gasteiger partial charge < -0.3 is 16.0 Å². The van der Waals surface area contributed by atoms with Gasteiger partial charge in [0.25, 0.3) is 0 Å². The molecule has 1 aliphatic heterocycles. The Hall–Kier alpha value is -3.27. The number of carbonyl (C=O) groups is 1. The zero-order chi connectivity index (χ0) is 26.2. The van der Waals surface area contributed by atoms with Gasteiger partial charge in [-0.05, 0) is 120 Å². The fourth-order valence-electron chi connectivity index (χ4n) is 6.76. The standard InChI is InChI=1S/C34H41N3O/c1-3-22-18-27(20-28(35)19-22)31-7-5-6-25-10-13-32(33(25)31)36-29-11-12-30(23(4-2)21-29)24-14-16-37(17-15-24)34(38)26-8-9-26/h5-7,11-12,18-21,24,26,32,36H,3-4,8-10,13-17,35H2,1-2H3. The van der Waals surface area contributed by atoms with Crippen molar-refractivity contribution in [3.05, 3.63) is 82.4 Å². The third-order valence-corrected chi connectivity index (χ3v) is 9.02. The monoisotopic (exact) mass is 507 g/mol. The van der Waals surface area contributed by atoms with E-state index in [1.54, 1.807) is 0 Å². The predicted octanol–water partition coefficient (Wildman–Crippen LogP) is 7.28. The van der Waals surface area contributed by atoms with E-state index in [-0.39, 0.29) is 0 Å². The molecule has 3 aliphatic rings. The molecule has 1 amide bonds. The molecule has 4 nitrogen and oxygen atoms in total. The van der Waals surface area contributed by atoms with E-state index in [4.69, 9.17) is 5.73 Å². The van der Waals surface area contributed by atoms with E-state index in [1.165, 1.54) is 44.6 Å². The summed E-state index contributed by atoms with van der Waals surface area (Å²) in [5.74, 6) is 1.29. The van der Waals surface area contributed by atoms with E-state index < -0.39 is 0 Å². The number of nitrogens with one attached hydrogen (secondary N) is 1. The topological polar surface area (TPSA) is 58.4 Å². The molecule has 4 heteroatoms. The van der Waals surface area contributed by atoms with Crippen LogP contribution < -0.4 is 11.1 Å². The molecule has 3 N–H and O–H groups in total. The minimum atomic E-state index is 0.292. The second-order valence-corrected chi connectivity index (χ2v) is 11.6. The Morgan fingerprint density at radius 1 is 0.947 bits per heavy atom. The summed E-state index contributed by atoms with van der Waals surface area (Å²) in [5, 5.41) is 3.91. The minimum absolute atomic E-state index is 0.292. The van der Waals surface area contributed by atoms with Crippen LogP contribution in [-0.4, -0.2) is 23.9 Å². The van der Waals surface area contributed by atoms with Crippen LogP contribution in [0.2, 0.25) is 0 Å². The molecule has 0 bridgehead atoms. The Balaban J connectivity index is 1.21. The number of carbonyl (C=O) groups excluding carboxylic acids is 1. The number of aryl methyl sites for hydroxylation is 3. The quantitative estimate of drug-likeness (QED) is 0.331. The van der Waals surface area contributed by atoms with Crippen molar-refractivity contribution in [1.29, 1.82) is 0 Å². The molecule has 6 rings (SSSR count). The van der Waals surface area contributed by atoms with E-state index in [0.29, 0.717) is 23.8 Å². The highest BCUT2D eigenvalue weighted by Crippen LogP contribution is 2.42. The minimum Gasteiger partial charge on any atom is -0.399 e. The van der Waals surface area contributed by atoms with Gasteiger partial charge in [-0.1, -0.05) is 44.2 Å². The number of nitrogens with zero attached hydrogens (tertiary/aromatic N) is 1. The second kappa shape index (κ2) is 10.5. The van der Waals surface area contributed by atoms with Crippen molar-refractivity contribution in [1.82, 2.24) is 4.90 Å². The molecule has 1 atom stereocenters. The van der Waals surface area contributed by atoms with Crippen molar-refractivity contribution < 1.29 is 4.79 Å². The number of benzene rings is 3. The average Bonchev–Trinajstić information content (AvgIpc) is 3.73. The molecule has 1 unspecified atom stereocenters. The van der Waals surface area contributed by atoms with Crippen molar-refractivity contribution in [3.63, 3.8) is 0 Å². The number of hydrogen-bond donors (Lipinski definition) is 2. The number of amides is 1. The number of likely N-dealkylation sites (tertiary alicyclic amines) is 1. The summed E-state index contributed by atoms with van der Waals surface area (Å²) in [7, 11) is 0. The van der Waals surface area contributed by atoms with Gasteiger partial charge in [0.05, 0.1) is 6.04 Å². The van der Waals surface area contributed by atoms with Crippen LogP contribution >= 0.6 is 0 Å². The van der Waals surface area contributed by atoms with Gasteiger partial charge >= 0.3 is 0 Å². The maximum Gasteiger partial charge on any atom is 0.225 e. The summed E-state index contributed by atoms with van der Waals surface area (Å²) >= 11 is 0. The maximum absolute atomic E-state index is 12.5. The number of piperidine rings is 1. The van der Waals surface area contributed by atoms with Gasteiger partial charge in [0, 0.05) is 30.4 Å². The molecule has 38 heavy (non-hydrogen) atoms. The first-order valence-electron chi connectivity index (χ1n) is 14.7. The molecule has 0 radical (unpaired) electrons. The first-order valence-corrected chi connectivity index (χ1v) is 14.7. The van der Waals surface area contributed by atoms with Gasteiger partial charge in [-0.2, -0.15) is 0 Å². The van der Waals surface area contributed by atoms with Crippen LogP contribution in [0.1, 0.15) is 85.7 Å².